The number of carbonyl (C=O) groups excluding carboxylic acids is 1. The van der Waals surface area contributed by atoms with Crippen LogP contribution < -0.4 is 10.5 Å². The van der Waals surface area contributed by atoms with Crippen molar-refractivity contribution >= 4 is 17.3 Å². The van der Waals surface area contributed by atoms with Gasteiger partial charge in [-0.1, -0.05) is 17.3 Å². The van der Waals surface area contributed by atoms with Crippen molar-refractivity contribution < 1.29 is 9.53 Å². The molecule has 1 aromatic carbocycles. The maximum Gasteiger partial charge on any atom is 0.241 e. The van der Waals surface area contributed by atoms with E-state index in [0.29, 0.717) is 17.8 Å². The number of aliphatic imine (C=N–C) groups is 2. The van der Waals surface area contributed by atoms with E-state index in [1.807, 2.05) is 30.3 Å². The largest absolute Gasteiger partial charge is 0.497 e. The molecule has 4 rings (SSSR count). The molecule has 26 heavy (non-hydrogen) atoms. The molecular weight excluding hydrogens is 334 g/mol. The molecule has 0 spiro atoms. The number of primary amides is 1. The van der Waals surface area contributed by atoms with Crippen LogP contribution in [-0.2, 0) is 16.6 Å². The summed E-state index contributed by atoms with van der Waals surface area (Å²) in [5, 5.41) is 13.8. The number of ether oxygens (including phenoxy) is 1. The van der Waals surface area contributed by atoms with E-state index in [0.717, 1.165) is 17.0 Å². The van der Waals surface area contributed by atoms with Gasteiger partial charge in [-0.25, -0.2) is 0 Å². The van der Waals surface area contributed by atoms with E-state index < -0.39 is 11.3 Å². The van der Waals surface area contributed by atoms with Crippen molar-refractivity contribution in [2.75, 3.05) is 7.11 Å². The first-order valence-electron chi connectivity index (χ1n) is 7.86. The van der Waals surface area contributed by atoms with E-state index in [1.54, 1.807) is 13.2 Å². The molecule has 2 aliphatic rings. The minimum atomic E-state index is -1.39. The van der Waals surface area contributed by atoms with Crippen LogP contribution in [0.5, 0.6) is 5.75 Å². The molecular formula is C17H15N7O2. The van der Waals surface area contributed by atoms with Gasteiger partial charge in [0.15, 0.2) is 11.2 Å². The van der Waals surface area contributed by atoms with E-state index >= 15 is 0 Å². The number of H-pyrrole nitrogens is 1. The maximum absolute atomic E-state index is 12.3. The Balaban J connectivity index is 1.69. The zero-order valence-corrected chi connectivity index (χ0v) is 13.9. The van der Waals surface area contributed by atoms with Crippen molar-refractivity contribution in [1.29, 1.82) is 0 Å². The molecule has 130 valence electrons. The molecule has 1 atom stereocenters. The van der Waals surface area contributed by atoms with Crippen LogP contribution in [0.1, 0.15) is 11.4 Å². The summed E-state index contributed by atoms with van der Waals surface area (Å²) in [5.41, 5.74) is 7.11. The fourth-order valence-corrected chi connectivity index (χ4v) is 3.02. The second-order valence-electron chi connectivity index (χ2n) is 5.86. The highest BCUT2D eigenvalue weighted by molar-refractivity contribution is 6.55. The van der Waals surface area contributed by atoms with E-state index in [1.165, 1.54) is 6.20 Å². The van der Waals surface area contributed by atoms with Crippen LogP contribution in [0.2, 0.25) is 0 Å². The van der Waals surface area contributed by atoms with Crippen molar-refractivity contribution in [3.63, 3.8) is 0 Å². The van der Waals surface area contributed by atoms with E-state index in [4.69, 9.17) is 10.5 Å². The Hall–Kier alpha value is -3.62. The summed E-state index contributed by atoms with van der Waals surface area (Å²) in [6.07, 6.45) is 5.48. The minimum Gasteiger partial charge on any atom is -0.497 e. The number of aromatic amines is 1. The third kappa shape index (κ3) is 2.41. The van der Waals surface area contributed by atoms with Gasteiger partial charge in [0.2, 0.25) is 5.91 Å². The SMILES string of the molecule is COc1ccc(CC2=CC3=NC=CC(C(N)=O)(c4nn[nH]n4)C3=N2)cc1. The van der Waals surface area contributed by atoms with Crippen molar-refractivity contribution in [2.45, 2.75) is 11.8 Å². The molecule has 1 aromatic heterocycles. The molecule has 1 amide bonds. The second kappa shape index (κ2) is 6.03. The molecule has 0 saturated heterocycles. The van der Waals surface area contributed by atoms with Crippen molar-refractivity contribution in [3.05, 3.63) is 59.7 Å². The van der Waals surface area contributed by atoms with Crippen LogP contribution in [0.15, 0.2) is 58.3 Å². The summed E-state index contributed by atoms with van der Waals surface area (Å²) in [4.78, 5) is 21.3. The zero-order chi connectivity index (χ0) is 18.1. The monoisotopic (exact) mass is 349 g/mol. The summed E-state index contributed by atoms with van der Waals surface area (Å²) >= 11 is 0. The number of tetrazole rings is 1. The minimum absolute atomic E-state index is 0.145. The van der Waals surface area contributed by atoms with Gasteiger partial charge in [0.25, 0.3) is 0 Å². The highest BCUT2D eigenvalue weighted by Gasteiger charge is 2.49. The lowest BCUT2D eigenvalue weighted by atomic mass is 9.78. The second-order valence-corrected chi connectivity index (χ2v) is 5.86. The highest BCUT2D eigenvalue weighted by atomic mass is 16.5. The quantitative estimate of drug-likeness (QED) is 0.810. The lowest BCUT2D eigenvalue weighted by Gasteiger charge is -2.25. The number of hydrogen-bond acceptors (Lipinski definition) is 7. The van der Waals surface area contributed by atoms with Crippen LogP contribution in [0.3, 0.4) is 0 Å². The smallest absolute Gasteiger partial charge is 0.241 e. The topological polar surface area (TPSA) is 132 Å². The summed E-state index contributed by atoms with van der Waals surface area (Å²) in [6.45, 7) is 0. The molecule has 0 fully saturated rings. The first-order chi connectivity index (χ1) is 12.6. The summed E-state index contributed by atoms with van der Waals surface area (Å²) in [5.74, 6) is 0.291. The van der Waals surface area contributed by atoms with Crippen LogP contribution in [0, 0.1) is 0 Å². The summed E-state index contributed by atoms with van der Waals surface area (Å²) in [6, 6.07) is 7.69. The number of allylic oxidation sites excluding steroid dienone is 2. The Morgan fingerprint density at radius 2 is 2.12 bits per heavy atom. The molecule has 0 aliphatic carbocycles. The normalized spacial score (nSPS) is 20.9. The highest BCUT2D eigenvalue weighted by Crippen LogP contribution is 2.32. The molecule has 2 aliphatic heterocycles. The van der Waals surface area contributed by atoms with Gasteiger partial charge in [0.1, 0.15) is 5.75 Å². The van der Waals surface area contributed by atoms with E-state index in [-0.39, 0.29) is 5.82 Å². The zero-order valence-electron chi connectivity index (χ0n) is 13.9. The number of carbonyl (C=O) groups is 1. The lowest BCUT2D eigenvalue weighted by Crippen LogP contribution is -2.50. The molecule has 3 N–H and O–H groups in total. The molecule has 9 nitrogen and oxygen atoms in total. The number of rotatable bonds is 5. The number of methoxy groups -OCH3 is 1. The number of fused-ring (bicyclic) bond motifs is 1. The van der Waals surface area contributed by atoms with E-state index in [9.17, 15) is 4.79 Å². The third-order valence-electron chi connectivity index (χ3n) is 4.34. The first-order valence-corrected chi connectivity index (χ1v) is 7.86. The van der Waals surface area contributed by atoms with Crippen molar-refractivity contribution in [2.24, 2.45) is 15.7 Å². The number of amides is 1. The van der Waals surface area contributed by atoms with Gasteiger partial charge >= 0.3 is 0 Å². The third-order valence-corrected chi connectivity index (χ3v) is 4.34. The average Bonchev–Trinajstić information content (AvgIpc) is 3.31. The van der Waals surface area contributed by atoms with Crippen LogP contribution in [-0.4, -0.2) is 45.1 Å². The van der Waals surface area contributed by atoms with Gasteiger partial charge in [0, 0.05) is 18.3 Å². The Bertz CT molecular complexity index is 971. The lowest BCUT2D eigenvalue weighted by molar-refractivity contribution is -0.120. The Labute approximate surface area is 148 Å². The maximum atomic E-state index is 12.3. The van der Waals surface area contributed by atoms with Crippen molar-refractivity contribution in [3.8, 4) is 5.75 Å². The van der Waals surface area contributed by atoms with Gasteiger partial charge in [-0.15, -0.1) is 10.2 Å². The standard InChI is InChI=1S/C17H15N7O2/c1-26-12-4-2-10(3-5-12)8-11-9-13-14(20-11)17(15(18)25,6-7-19-13)16-21-23-24-22-16/h2-7,9H,8H2,1H3,(H2,18,25)(H,21,22,23,24). The molecule has 0 radical (unpaired) electrons. The summed E-state index contributed by atoms with van der Waals surface area (Å²) < 4.78 is 5.17. The number of aromatic nitrogens is 4. The molecule has 2 aromatic rings. The molecule has 0 saturated carbocycles. The molecule has 0 bridgehead atoms. The Morgan fingerprint density at radius 3 is 2.77 bits per heavy atom. The molecule has 1 unspecified atom stereocenters. The van der Waals surface area contributed by atoms with Crippen LogP contribution in [0.25, 0.3) is 0 Å². The summed E-state index contributed by atoms with van der Waals surface area (Å²) in [7, 11) is 1.62. The van der Waals surface area contributed by atoms with Crippen LogP contribution >= 0.6 is 0 Å². The van der Waals surface area contributed by atoms with Crippen molar-refractivity contribution in [1.82, 2.24) is 20.6 Å². The Morgan fingerprint density at radius 1 is 1.31 bits per heavy atom. The van der Waals surface area contributed by atoms with Gasteiger partial charge in [-0.05, 0) is 29.8 Å². The van der Waals surface area contributed by atoms with Gasteiger partial charge < -0.3 is 10.5 Å². The molecule has 3 heterocycles. The molecule has 9 heteroatoms. The average molecular weight is 349 g/mol. The van der Waals surface area contributed by atoms with Gasteiger partial charge in [-0.2, -0.15) is 5.21 Å². The number of nitrogens with zero attached hydrogens (tertiary/aromatic N) is 5. The fourth-order valence-electron chi connectivity index (χ4n) is 3.02. The number of benzene rings is 1. The van der Waals surface area contributed by atoms with E-state index in [2.05, 4.69) is 30.6 Å². The number of hydrogen-bond donors (Lipinski definition) is 2. The first kappa shape index (κ1) is 15.9. The predicted molar refractivity (Wildman–Crippen MR) is 93.8 cm³/mol. The number of nitrogens with one attached hydrogen (secondary N) is 1. The predicted octanol–water partition coefficient (Wildman–Crippen LogP) is 0.481. The van der Waals surface area contributed by atoms with Crippen LogP contribution in [0.4, 0.5) is 0 Å². The fraction of sp³-hybridized carbons (Fsp3) is 0.176. The van der Waals surface area contributed by atoms with Gasteiger partial charge in [0.05, 0.1) is 18.5 Å². The van der Waals surface area contributed by atoms with Gasteiger partial charge in [-0.3, -0.25) is 14.8 Å². The number of nitrogens with two attached hydrogens (primary N) is 1. The Kier molecular flexibility index (Phi) is 3.68.